The maximum Gasteiger partial charge on any atom is 0.323 e. The molecular formula is C16H11BrClN3O. The minimum absolute atomic E-state index is 0.340. The van der Waals surface area contributed by atoms with Gasteiger partial charge in [0.05, 0.1) is 11.2 Å². The molecule has 0 bridgehead atoms. The number of hydrogen-bond acceptors (Lipinski definition) is 2. The van der Waals surface area contributed by atoms with Crippen LogP contribution in [0.2, 0.25) is 5.02 Å². The fraction of sp³-hybridized carbons (Fsp3) is 0. The van der Waals surface area contributed by atoms with Crippen LogP contribution in [-0.4, -0.2) is 11.0 Å². The lowest BCUT2D eigenvalue weighted by Gasteiger charge is -2.10. The number of benzene rings is 2. The number of anilines is 2. The molecular weight excluding hydrogens is 366 g/mol. The normalized spacial score (nSPS) is 10.5. The fourth-order valence-corrected chi connectivity index (χ4v) is 2.67. The van der Waals surface area contributed by atoms with E-state index in [1.807, 2.05) is 24.3 Å². The molecule has 2 amide bonds. The van der Waals surface area contributed by atoms with E-state index in [4.69, 9.17) is 11.6 Å². The first-order valence-electron chi connectivity index (χ1n) is 6.50. The lowest BCUT2D eigenvalue weighted by molar-refractivity contribution is 0.262. The van der Waals surface area contributed by atoms with Crippen LogP contribution in [0.3, 0.4) is 0 Å². The van der Waals surface area contributed by atoms with E-state index in [-0.39, 0.29) is 6.03 Å². The van der Waals surface area contributed by atoms with Gasteiger partial charge in [-0.25, -0.2) is 4.79 Å². The summed E-state index contributed by atoms with van der Waals surface area (Å²) < 4.78 is 0.870. The Kier molecular flexibility index (Phi) is 4.27. The van der Waals surface area contributed by atoms with Gasteiger partial charge in [-0.1, -0.05) is 33.6 Å². The van der Waals surface area contributed by atoms with Crippen molar-refractivity contribution in [2.45, 2.75) is 0 Å². The highest BCUT2D eigenvalue weighted by Gasteiger charge is 2.08. The van der Waals surface area contributed by atoms with Crippen LogP contribution in [-0.2, 0) is 0 Å². The van der Waals surface area contributed by atoms with Crippen molar-refractivity contribution in [2.75, 3.05) is 10.6 Å². The quantitative estimate of drug-likeness (QED) is 0.638. The monoisotopic (exact) mass is 375 g/mol. The van der Waals surface area contributed by atoms with Gasteiger partial charge >= 0.3 is 6.03 Å². The van der Waals surface area contributed by atoms with Crippen LogP contribution in [0, 0.1) is 0 Å². The highest BCUT2D eigenvalue weighted by atomic mass is 79.9. The van der Waals surface area contributed by atoms with E-state index in [1.165, 1.54) is 0 Å². The molecule has 0 saturated heterocycles. The predicted molar refractivity (Wildman–Crippen MR) is 93.5 cm³/mol. The molecule has 0 unspecified atom stereocenters. The van der Waals surface area contributed by atoms with Gasteiger partial charge in [-0.05, 0) is 42.5 Å². The van der Waals surface area contributed by atoms with Crippen molar-refractivity contribution in [3.8, 4) is 0 Å². The van der Waals surface area contributed by atoms with Gasteiger partial charge in [0, 0.05) is 26.8 Å². The van der Waals surface area contributed by atoms with Crippen molar-refractivity contribution in [2.24, 2.45) is 0 Å². The molecule has 3 aromatic rings. The zero-order chi connectivity index (χ0) is 15.5. The number of amides is 2. The second kappa shape index (κ2) is 6.34. The molecule has 0 saturated carbocycles. The smallest absolute Gasteiger partial charge is 0.308 e. The van der Waals surface area contributed by atoms with Crippen LogP contribution in [0.25, 0.3) is 10.9 Å². The average molecular weight is 377 g/mol. The van der Waals surface area contributed by atoms with Crippen LogP contribution < -0.4 is 10.6 Å². The summed E-state index contributed by atoms with van der Waals surface area (Å²) in [6.45, 7) is 0. The summed E-state index contributed by atoms with van der Waals surface area (Å²) in [7, 11) is 0. The van der Waals surface area contributed by atoms with Crippen molar-refractivity contribution in [1.29, 1.82) is 0 Å². The molecule has 0 aliphatic rings. The average Bonchev–Trinajstić information content (AvgIpc) is 2.49. The van der Waals surface area contributed by atoms with Crippen molar-refractivity contribution in [3.05, 3.63) is 64.2 Å². The largest absolute Gasteiger partial charge is 0.323 e. The molecule has 0 radical (unpaired) electrons. The standard InChI is InChI=1S/C16H11BrClN3O/c17-11-8-10-2-1-7-19-15(10)14(9-11)21-16(22)20-13-5-3-12(18)4-6-13/h1-9H,(H2,20,21,22). The molecule has 3 rings (SSSR count). The maximum absolute atomic E-state index is 12.1. The van der Waals surface area contributed by atoms with E-state index in [9.17, 15) is 4.79 Å². The van der Waals surface area contributed by atoms with Crippen molar-refractivity contribution >= 4 is 55.8 Å². The predicted octanol–water partition coefficient (Wildman–Crippen LogP) is 5.29. The molecule has 2 aromatic carbocycles. The minimum Gasteiger partial charge on any atom is -0.308 e. The Morgan fingerprint density at radius 3 is 2.64 bits per heavy atom. The van der Waals surface area contributed by atoms with Crippen LogP contribution >= 0.6 is 27.5 Å². The van der Waals surface area contributed by atoms with Gasteiger partial charge in [0.2, 0.25) is 0 Å². The number of nitrogens with zero attached hydrogens (tertiary/aromatic N) is 1. The van der Waals surface area contributed by atoms with E-state index in [0.717, 1.165) is 15.4 Å². The Bertz CT molecular complexity index is 836. The molecule has 0 fully saturated rings. The van der Waals surface area contributed by atoms with Crippen LogP contribution in [0.4, 0.5) is 16.2 Å². The van der Waals surface area contributed by atoms with Gasteiger partial charge < -0.3 is 10.6 Å². The lowest BCUT2D eigenvalue weighted by Crippen LogP contribution is -2.19. The van der Waals surface area contributed by atoms with E-state index >= 15 is 0 Å². The Morgan fingerprint density at radius 2 is 1.86 bits per heavy atom. The molecule has 110 valence electrons. The van der Waals surface area contributed by atoms with Crippen LogP contribution in [0.1, 0.15) is 0 Å². The zero-order valence-electron chi connectivity index (χ0n) is 11.3. The Labute approximate surface area is 140 Å². The molecule has 0 aliphatic heterocycles. The summed E-state index contributed by atoms with van der Waals surface area (Å²) in [5, 5.41) is 7.13. The molecule has 4 nitrogen and oxygen atoms in total. The van der Waals surface area contributed by atoms with Gasteiger partial charge in [0.15, 0.2) is 0 Å². The first-order chi connectivity index (χ1) is 10.6. The lowest BCUT2D eigenvalue weighted by atomic mass is 10.2. The number of rotatable bonds is 2. The Morgan fingerprint density at radius 1 is 1.09 bits per heavy atom. The molecule has 1 aromatic heterocycles. The number of nitrogens with one attached hydrogen (secondary N) is 2. The first kappa shape index (κ1) is 14.8. The number of halogens is 2. The summed E-state index contributed by atoms with van der Waals surface area (Å²) in [5.74, 6) is 0. The van der Waals surface area contributed by atoms with E-state index in [1.54, 1.807) is 30.5 Å². The summed E-state index contributed by atoms with van der Waals surface area (Å²) in [5.41, 5.74) is 2.03. The summed E-state index contributed by atoms with van der Waals surface area (Å²) in [6.07, 6.45) is 1.69. The second-order valence-corrected chi connectivity index (χ2v) is 5.97. The highest BCUT2D eigenvalue weighted by molar-refractivity contribution is 9.10. The van der Waals surface area contributed by atoms with Crippen molar-refractivity contribution in [3.63, 3.8) is 0 Å². The SMILES string of the molecule is O=C(Nc1ccc(Cl)cc1)Nc1cc(Br)cc2cccnc12. The molecule has 22 heavy (non-hydrogen) atoms. The zero-order valence-corrected chi connectivity index (χ0v) is 13.6. The first-order valence-corrected chi connectivity index (χ1v) is 7.67. The minimum atomic E-state index is -0.340. The molecule has 0 atom stereocenters. The summed E-state index contributed by atoms with van der Waals surface area (Å²) in [6, 6.07) is 14.1. The number of urea groups is 1. The number of carbonyl (C=O) groups excluding carboxylic acids is 1. The molecule has 6 heteroatoms. The Hall–Kier alpha value is -2.11. The number of aromatic nitrogens is 1. The van der Waals surface area contributed by atoms with Crippen molar-refractivity contribution in [1.82, 2.24) is 4.98 Å². The van der Waals surface area contributed by atoms with Crippen LogP contribution in [0.15, 0.2) is 59.2 Å². The van der Waals surface area contributed by atoms with Gasteiger partial charge in [-0.15, -0.1) is 0 Å². The number of pyridine rings is 1. The highest BCUT2D eigenvalue weighted by Crippen LogP contribution is 2.26. The fourth-order valence-electron chi connectivity index (χ4n) is 2.07. The summed E-state index contributed by atoms with van der Waals surface area (Å²) >= 11 is 9.25. The third kappa shape index (κ3) is 3.37. The number of carbonyl (C=O) groups is 1. The molecule has 0 aliphatic carbocycles. The maximum atomic E-state index is 12.1. The third-order valence-electron chi connectivity index (χ3n) is 3.02. The van der Waals surface area contributed by atoms with Gasteiger partial charge in [0.25, 0.3) is 0 Å². The van der Waals surface area contributed by atoms with Gasteiger partial charge in [-0.3, -0.25) is 4.98 Å². The Balaban J connectivity index is 1.83. The second-order valence-electron chi connectivity index (χ2n) is 4.61. The van der Waals surface area contributed by atoms with E-state index in [2.05, 4.69) is 31.5 Å². The van der Waals surface area contributed by atoms with E-state index < -0.39 is 0 Å². The summed E-state index contributed by atoms with van der Waals surface area (Å²) in [4.78, 5) is 16.4. The molecule has 2 N–H and O–H groups in total. The van der Waals surface area contributed by atoms with Crippen molar-refractivity contribution < 1.29 is 4.79 Å². The molecule has 0 spiro atoms. The van der Waals surface area contributed by atoms with Gasteiger partial charge in [-0.2, -0.15) is 0 Å². The van der Waals surface area contributed by atoms with E-state index in [0.29, 0.717) is 16.4 Å². The number of hydrogen-bond donors (Lipinski definition) is 2. The molecule has 1 heterocycles. The third-order valence-corrected chi connectivity index (χ3v) is 3.73. The van der Waals surface area contributed by atoms with Crippen LogP contribution in [0.5, 0.6) is 0 Å². The topological polar surface area (TPSA) is 54.0 Å². The van der Waals surface area contributed by atoms with Gasteiger partial charge in [0.1, 0.15) is 0 Å². The number of fused-ring (bicyclic) bond motifs is 1.